The lowest BCUT2D eigenvalue weighted by molar-refractivity contribution is 0.626. The largest absolute Gasteiger partial charge is 0.373 e. The fourth-order valence-corrected chi connectivity index (χ4v) is 2.76. The SMILES string of the molecule is C/C=C(/SC(C)=NC)c1cc2cc(NC)ncc2cc1F. The highest BCUT2D eigenvalue weighted by molar-refractivity contribution is 8.21. The van der Waals surface area contributed by atoms with Gasteiger partial charge in [-0.15, -0.1) is 0 Å². The predicted molar refractivity (Wildman–Crippen MR) is 91.5 cm³/mol. The number of allylic oxidation sites excluding steroid dienone is 1. The lowest BCUT2D eigenvalue weighted by atomic mass is 10.1. The highest BCUT2D eigenvalue weighted by Crippen LogP contribution is 2.33. The Hall–Kier alpha value is -1.88. The van der Waals surface area contributed by atoms with E-state index in [2.05, 4.69) is 15.3 Å². The summed E-state index contributed by atoms with van der Waals surface area (Å²) in [5.74, 6) is 0.520. The van der Waals surface area contributed by atoms with E-state index in [0.717, 1.165) is 26.5 Å². The number of fused-ring (bicyclic) bond motifs is 1. The van der Waals surface area contributed by atoms with Crippen molar-refractivity contribution >= 4 is 38.3 Å². The van der Waals surface area contributed by atoms with Gasteiger partial charge in [0.25, 0.3) is 0 Å². The predicted octanol–water partition coefficient (Wildman–Crippen LogP) is 4.56. The molecule has 0 atom stereocenters. The van der Waals surface area contributed by atoms with Crippen LogP contribution in [0.4, 0.5) is 10.2 Å². The van der Waals surface area contributed by atoms with Crippen LogP contribution in [0.25, 0.3) is 15.7 Å². The standard InChI is InChI=1S/C16H18FN3S/c1-5-15(21-10(2)18-3)13-6-11-8-16(19-4)20-9-12(11)7-14(13)17/h5-9H,1-4H3,(H,19,20)/b15-5+,18-10?. The van der Waals surface area contributed by atoms with E-state index >= 15 is 0 Å². The smallest absolute Gasteiger partial charge is 0.132 e. The van der Waals surface area contributed by atoms with Gasteiger partial charge in [0.1, 0.15) is 11.6 Å². The number of nitrogens with one attached hydrogen (secondary N) is 1. The number of aromatic nitrogens is 1. The molecule has 0 aliphatic rings. The van der Waals surface area contributed by atoms with Gasteiger partial charge >= 0.3 is 0 Å². The van der Waals surface area contributed by atoms with Gasteiger partial charge in [0.05, 0.1) is 5.04 Å². The van der Waals surface area contributed by atoms with Crippen LogP contribution in [0.3, 0.4) is 0 Å². The zero-order chi connectivity index (χ0) is 15.4. The summed E-state index contributed by atoms with van der Waals surface area (Å²) in [6, 6.07) is 5.30. The van der Waals surface area contributed by atoms with Gasteiger partial charge in [-0.1, -0.05) is 17.8 Å². The van der Waals surface area contributed by atoms with Gasteiger partial charge in [0, 0.05) is 36.1 Å². The summed E-state index contributed by atoms with van der Waals surface area (Å²) >= 11 is 1.47. The number of thioether (sulfide) groups is 1. The molecule has 1 heterocycles. The van der Waals surface area contributed by atoms with Gasteiger partial charge in [-0.2, -0.15) is 0 Å². The Morgan fingerprint density at radius 3 is 2.71 bits per heavy atom. The number of hydrogen-bond acceptors (Lipinski definition) is 4. The number of nitrogens with zero attached hydrogens (tertiary/aromatic N) is 2. The van der Waals surface area contributed by atoms with Crippen molar-refractivity contribution in [1.29, 1.82) is 0 Å². The Kier molecular flexibility index (Phi) is 4.96. The third kappa shape index (κ3) is 3.42. The van der Waals surface area contributed by atoms with E-state index in [9.17, 15) is 4.39 Å². The highest BCUT2D eigenvalue weighted by atomic mass is 32.2. The number of hydrogen-bond donors (Lipinski definition) is 1. The average molecular weight is 303 g/mol. The van der Waals surface area contributed by atoms with Crippen LogP contribution >= 0.6 is 11.8 Å². The van der Waals surface area contributed by atoms with Gasteiger partial charge < -0.3 is 5.32 Å². The van der Waals surface area contributed by atoms with Gasteiger partial charge in [-0.25, -0.2) is 9.37 Å². The molecule has 0 amide bonds. The lowest BCUT2D eigenvalue weighted by Crippen LogP contribution is -1.94. The maximum absolute atomic E-state index is 14.4. The van der Waals surface area contributed by atoms with Crippen LogP contribution in [0.2, 0.25) is 0 Å². The quantitative estimate of drug-likeness (QED) is 0.667. The summed E-state index contributed by atoms with van der Waals surface area (Å²) in [6.45, 7) is 3.82. The molecular formula is C16H18FN3S. The Labute approximate surface area is 128 Å². The molecule has 0 saturated carbocycles. The molecule has 21 heavy (non-hydrogen) atoms. The molecule has 1 aromatic heterocycles. The lowest BCUT2D eigenvalue weighted by Gasteiger charge is -2.10. The molecule has 0 bridgehead atoms. The zero-order valence-corrected chi connectivity index (χ0v) is 13.4. The normalized spacial score (nSPS) is 12.8. The van der Waals surface area contributed by atoms with Crippen LogP contribution in [0.5, 0.6) is 0 Å². The number of halogens is 1. The highest BCUT2D eigenvalue weighted by Gasteiger charge is 2.11. The second kappa shape index (κ2) is 6.72. The molecule has 1 N–H and O–H groups in total. The molecule has 0 unspecified atom stereocenters. The monoisotopic (exact) mass is 303 g/mol. The number of anilines is 1. The van der Waals surface area contributed by atoms with E-state index < -0.39 is 0 Å². The molecule has 0 aliphatic carbocycles. The van der Waals surface area contributed by atoms with Crippen molar-refractivity contribution in [2.45, 2.75) is 13.8 Å². The first-order valence-electron chi connectivity index (χ1n) is 6.64. The molecule has 0 radical (unpaired) electrons. The molecule has 0 fully saturated rings. The molecule has 0 spiro atoms. The molecule has 3 nitrogen and oxygen atoms in total. The second-order valence-electron chi connectivity index (χ2n) is 4.50. The Morgan fingerprint density at radius 1 is 1.33 bits per heavy atom. The average Bonchev–Trinajstić information content (AvgIpc) is 2.51. The number of pyridine rings is 1. The van der Waals surface area contributed by atoms with Crippen LogP contribution in [-0.4, -0.2) is 24.1 Å². The zero-order valence-electron chi connectivity index (χ0n) is 12.6. The Morgan fingerprint density at radius 2 is 2.10 bits per heavy atom. The summed E-state index contributed by atoms with van der Waals surface area (Å²) in [4.78, 5) is 9.18. The van der Waals surface area contributed by atoms with Crippen LogP contribution in [-0.2, 0) is 0 Å². The fraction of sp³-hybridized carbons (Fsp3) is 0.250. The third-order valence-electron chi connectivity index (χ3n) is 3.16. The van der Waals surface area contributed by atoms with Crippen molar-refractivity contribution in [2.75, 3.05) is 19.4 Å². The minimum atomic E-state index is -0.244. The third-order valence-corrected chi connectivity index (χ3v) is 4.32. The minimum absolute atomic E-state index is 0.244. The van der Waals surface area contributed by atoms with Gasteiger partial charge in [-0.3, -0.25) is 4.99 Å². The van der Waals surface area contributed by atoms with Crippen molar-refractivity contribution < 1.29 is 4.39 Å². The van der Waals surface area contributed by atoms with E-state index in [1.54, 1.807) is 13.2 Å². The Balaban J connectivity index is 2.54. The van der Waals surface area contributed by atoms with E-state index in [1.165, 1.54) is 17.8 Å². The minimum Gasteiger partial charge on any atom is -0.373 e. The molecule has 1 aromatic carbocycles. The van der Waals surface area contributed by atoms with E-state index in [4.69, 9.17) is 0 Å². The number of benzene rings is 1. The van der Waals surface area contributed by atoms with Crippen LogP contribution < -0.4 is 5.32 Å². The van der Waals surface area contributed by atoms with E-state index in [0.29, 0.717) is 5.56 Å². The molecule has 0 saturated heterocycles. The van der Waals surface area contributed by atoms with Crippen molar-refractivity contribution in [3.05, 3.63) is 41.9 Å². The second-order valence-corrected chi connectivity index (χ2v) is 5.73. The van der Waals surface area contributed by atoms with Crippen molar-refractivity contribution in [3.63, 3.8) is 0 Å². The van der Waals surface area contributed by atoms with Crippen molar-refractivity contribution in [1.82, 2.24) is 4.98 Å². The summed E-state index contributed by atoms with van der Waals surface area (Å²) in [5, 5.41) is 5.63. The first-order chi connectivity index (χ1) is 10.1. The molecular weight excluding hydrogens is 285 g/mol. The van der Waals surface area contributed by atoms with Crippen LogP contribution in [0.15, 0.2) is 35.5 Å². The topological polar surface area (TPSA) is 37.3 Å². The van der Waals surface area contributed by atoms with Crippen molar-refractivity contribution in [2.24, 2.45) is 4.99 Å². The molecule has 0 aliphatic heterocycles. The number of rotatable bonds is 3. The molecule has 5 heteroatoms. The van der Waals surface area contributed by atoms with E-state index in [1.807, 2.05) is 39.1 Å². The summed E-state index contributed by atoms with van der Waals surface area (Å²) in [6.07, 6.45) is 3.58. The van der Waals surface area contributed by atoms with Gasteiger partial charge in [0.2, 0.25) is 0 Å². The van der Waals surface area contributed by atoms with E-state index in [-0.39, 0.29) is 5.82 Å². The maximum atomic E-state index is 14.4. The summed E-state index contributed by atoms with van der Waals surface area (Å²) in [7, 11) is 3.55. The molecule has 2 aromatic rings. The van der Waals surface area contributed by atoms with Crippen LogP contribution in [0, 0.1) is 5.82 Å². The van der Waals surface area contributed by atoms with Crippen LogP contribution in [0.1, 0.15) is 19.4 Å². The van der Waals surface area contributed by atoms with Gasteiger partial charge in [-0.05, 0) is 37.4 Å². The molecule has 110 valence electrons. The maximum Gasteiger partial charge on any atom is 0.132 e. The summed E-state index contributed by atoms with van der Waals surface area (Å²) in [5.41, 5.74) is 0.589. The Bertz CT molecular complexity index is 723. The van der Waals surface area contributed by atoms with Gasteiger partial charge in [0.15, 0.2) is 0 Å². The fourth-order valence-electron chi connectivity index (χ4n) is 1.97. The van der Waals surface area contributed by atoms with Crippen molar-refractivity contribution in [3.8, 4) is 0 Å². The summed E-state index contributed by atoms with van der Waals surface area (Å²) < 4.78 is 14.4. The molecule has 2 rings (SSSR count). The first kappa shape index (κ1) is 15.5. The first-order valence-corrected chi connectivity index (χ1v) is 7.45. The number of aliphatic imine (C=N–C) groups is 1.